The summed E-state index contributed by atoms with van der Waals surface area (Å²) in [4.78, 5) is 32.9. The highest BCUT2D eigenvalue weighted by atomic mass is 16.4. The summed E-state index contributed by atoms with van der Waals surface area (Å²) in [5.74, 6) is 0.112. The number of anilines is 3. The van der Waals surface area contributed by atoms with Crippen molar-refractivity contribution in [2.45, 2.75) is 6.92 Å². The van der Waals surface area contributed by atoms with E-state index in [1.165, 1.54) is 12.4 Å². The third kappa shape index (κ3) is 3.73. The molecule has 0 saturated heterocycles. The molecule has 0 aliphatic heterocycles. The van der Waals surface area contributed by atoms with E-state index in [9.17, 15) is 9.59 Å². The second-order valence-electron chi connectivity index (χ2n) is 6.19. The van der Waals surface area contributed by atoms with E-state index in [0.717, 1.165) is 11.4 Å². The van der Waals surface area contributed by atoms with Crippen LogP contribution in [-0.4, -0.2) is 15.9 Å². The van der Waals surface area contributed by atoms with Crippen LogP contribution in [0.1, 0.15) is 16.1 Å². The monoisotopic (exact) mass is 372 g/mol. The molecule has 2 N–H and O–H groups in total. The van der Waals surface area contributed by atoms with E-state index in [4.69, 9.17) is 4.42 Å². The van der Waals surface area contributed by atoms with Gasteiger partial charge in [-0.1, -0.05) is 24.3 Å². The van der Waals surface area contributed by atoms with Crippen molar-refractivity contribution in [1.82, 2.24) is 9.97 Å². The van der Waals surface area contributed by atoms with Gasteiger partial charge in [0.2, 0.25) is 0 Å². The Morgan fingerprint density at radius 3 is 2.64 bits per heavy atom. The number of nitrogens with one attached hydrogen (secondary N) is 2. The van der Waals surface area contributed by atoms with Crippen molar-refractivity contribution in [2.24, 2.45) is 0 Å². The van der Waals surface area contributed by atoms with Crippen molar-refractivity contribution < 1.29 is 9.21 Å². The molecule has 0 fully saturated rings. The number of carbonyl (C=O) groups excluding carboxylic acids is 1. The zero-order chi connectivity index (χ0) is 19.5. The van der Waals surface area contributed by atoms with Crippen molar-refractivity contribution in [2.75, 3.05) is 10.6 Å². The molecule has 28 heavy (non-hydrogen) atoms. The van der Waals surface area contributed by atoms with Crippen LogP contribution in [0.15, 0.2) is 76.2 Å². The van der Waals surface area contributed by atoms with Crippen molar-refractivity contribution in [1.29, 1.82) is 0 Å². The van der Waals surface area contributed by atoms with Gasteiger partial charge >= 0.3 is 5.63 Å². The van der Waals surface area contributed by atoms with Crippen molar-refractivity contribution in [3.8, 4) is 0 Å². The molecule has 0 aliphatic carbocycles. The molecule has 0 spiro atoms. The third-order valence-corrected chi connectivity index (χ3v) is 4.08. The largest absolute Gasteiger partial charge is 0.422 e. The summed E-state index contributed by atoms with van der Waals surface area (Å²) >= 11 is 0. The van der Waals surface area contributed by atoms with Gasteiger partial charge < -0.3 is 15.1 Å². The molecule has 0 saturated carbocycles. The summed E-state index contributed by atoms with van der Waals surface area (Å²) in [6, 6.07) is 17.5. The van der Waals surface area contributed by atoms with E-state index < -0.39 is 11.5 Å². The SMILES string of the molecule is Cc1cc(Nc2cccc(NC(=O)c3cc4ccccc4oc3=O)c2)ncn1. The highest BCUT2D eigenvalue weighted by Crippen LogP contribution is 2.20. The molecular formula is C21H16N4O3. The van der Waals surface area contributed by atoms with Gasteiger partial charge in [0.05, 0.1) is 0 Å². The van der Waals surface area contributed by atoms with Gasteiger partial charge in [-0.15, -0.1) is 0 Å². The van der Waals surface area contributed by atoms with E-state index in [1.807, 2.05) is 25.1 Å². The molecule has 1 amide bonds. The number of aromatic nitrogens is 2. The second kappa shape index (κ2) is 7.32. The first kappa shape index (κ1) is 17.4. The van der Waals surface area contributed by atoms with Gasteiger partial charge in [-0.25, -0.2) is 14.8 Å². The molecular weight excluding hydrogens is 356 g/mol. The van der Waals surface area contributed by atoms with Gasteiger partial charge in [-0.3, -0.25) is 4.79 Å². The normalized spacial score (nSPS) is 10.6. The fourth-order valence-corrected chi connectivity index (χ4v) is 2.76. The summed E-state index contributed by atoms with van der Waals surface area (Å²) in [5, 5.41) is 6.56. The smallest absolute Gasteiger partial charge is 0.349 e. The molecule has 0 aliphatic rings. The molecule has 0 bridgehead atoms. The predicted molar refractivity (Wildman–Crippen MR) is 107 cm³/mol. The summed E-state index contributed by atoms with van der Waals surface area (Å²) in [5.41, 5.74) is 1.82. The Balaban J connectivity index is 1.57. The van der Waals surface area contributed by atoms with Crippen molar-refractivity contribution in [3.63, 3.8) is 0 Å². The van der Waals surface area contributed by atoms with Crippen molar-refractivity contribution >= 4 is 34.1 Å². The highest BCUT2D eigenvalue weighted by molar-refractivity contribution is 6.05. The minimum atomic E-state index is -0.679. The maximum Gasteiger partial charge on any atom is 0.349 e. The van der Waals surface area contributed by atoms with Gasteiger partial charge in [0, 0.05) is 28.5 Å². The van der Waals surface area contributed by atoms with E-state index >= 15 is 0 Å². The average molecular weight is 372 g/mol. The number of hydrogen-bond donors (Lipinski definition) is 2. The van der Waals surface area contributed by atoms with Crippen LogP contribution in [0.3, 0.4) is 0 Å². The Kier molecular flexibility index (Phi) is 4.55. The lowest BCUT2D eigenvalue weighted by atomic mass is 10.1. The fraction of sp³-hybridized carbons (Fsp3) is 0.0476. The minimum Gasteiger partial charge on any atom is -0.422 e. The van der Waals surface area contributed by atoms with Gasteiger partial charge in [0.15, 0.2) is 0 Å². The Morgan fingerprint density at radius 2 is 1.79 bits per heavy atom. The average Bonchev–Trinajstić information content (AvgIpc) is 2.67. The number of para-hydroxylation sites is 1. The topological polar surface area (TPSA) is 97.1 Å². The zero-order valence-corrected chi connectivity index (χ0v) is 15.0. The molecule has 7 heteroatoms. The lowest BCUT2D eigenvalue weighted by molar-refractivity contribution is 0.102. The molecule has 2 aromatic heterocycles. The van der Waals surface area contributed by atoms with Crippen molar-refractivity contribution in [3.05, 3.63) is 88.7 Å². The molecule has 2 heterocycles. The summed E-state index contributed by atoms with van der Waals surface area (Å²) in [6.45, 7) is 1.87. The molecule has 4 aromatic rings. The zero-order valence-electron chi connectivity index (χ0n) is 15.0. The van der Waals surface area contributed by atoms with Crippen LogP contribution in [0.4, 0.5) is 17.2 Å². The molecule has 4 rings (SSSR count). The Hall–Kier alpha value is -4.00. The number of aryl methyl sites for hydroxylation is 1. The first-order valence-corrected chi connectivity index (χ1v) is 8.58. The van der Waals surface area contributed by atoms with Crippen LogP contribution in [0, 0.1) is 6.92 Å². The standard InChI is InChI=1S/C21H16N4O3/c1-13-9-19(23-12-22-13)24-15-6-4-7-16(11-15)25-20(26)17-10-14-5-2-3-8-18(14)28-21(17)27/h2-12H,1H3,(H,25,26)(H,22,23,24). The number of rotatable bonds is 4. The van der Waals surface area contributed by atoms with Gasteiger partial charge in [0.25, 0.3) is 5.91 Å². The van der Waals surface area contributed by atoms with Crippen LogP contribution in [0.25, 0.3) is 11.0 Å². The van der Waals surface area contributed by atoms with Gasteiger partial charge in [0.1, 0.15) is 23.3 Å². The number of carbonyl (C=O) groups is 1. The van der Waals surface area contributed by atoms with E-state index in [2.05, 4.69) is 20.6 Å². The van der Waals surface area contributed by atoms with Crippen LogP contribution in [0.2, 0.25) is 0 Å². The minimum absolute atomic E-state index is 0.0523. The number of fused-ring (bicyclic) bond motifs is 1. The number of nitrogens with zero attached hydrogens (tertiary/aromatic N) is 2. The number of benzene rings is 2. The Bertz CT molecular complexity index is 1230. The number of amides is 1. The second-order valence-corrected chi connectivity index (χ2v) is 6.19. The first-order chi connectivity index (χ1) is 13.6. The predicted octanol–water partition coefficient (Wildman–Crippen LogP) is 3.89. The quantitative estimate of drug-likeness (QED) is 0.528. The molecule has 138 valence electrons. The van der Waals surface area contributed by atoms with Crippen LogP contribution < -0.4 is 16.3 Å². The van der Waals surface area contributed by atoms with E-state index in [0.29, 0.717) is 22.5 Å². The lowest BCUT2D eigenvalue weighted by Gasteiger charge is -2.09. The van der Waals surface area contributed by atoms with E-state index in [1.54, 1.807) is 36.4 Å². The maximum atomic E-state index is 12.6. The molecule has 7 nitrogen and oxygen atoms in total. The summed E-state index contributed by atoms with van der Waals surface area (Å²) < 4.78 is 5.22. The molecule has 0 radical (unpaired) electrons. The van der Waals surface area contributed by atoms with Gasteiger partial charge in [-0.05, 0) is 37.3 Å². The first-order valence-electron chi connectivity index (χ1n) is 8.58. The van der Waals surface area contributed by atoms with E-state index in [-0.39, 0.29) is 5.56 Å². The number of hydrogen-bond acceptors (Lipinski definition) is 6. The molecule has 0 atom stereocenters. The molecule has 2 aromatic carbocycles. The van der Waals surface area contributed by atoms with Crippen LogP contribution in [-0.2, 0) is 0 Å². The highest BCUT2D eigenvalue weighted by Gasteiger charge is 2.14. The summed E-state index contributed by atoms with van der Waals surface area (Å²) in [6.07, 6.45) is 1.47. The maximum absolute atomic E-state index is 12.6. The Labute approximate surface area is 160 Å². The van der Waals surface area contributed by atoms with Crippen LogP contribution in [0.5, 0.6) is 0 Å². The van der Waals surface area contributed by atoms with Gasteiger partial charge in [-0.2, -0.15) is 0 Å². The fourth-order valence-electron chi connectivity index (χ4n) is 2.76. The summed E-state index contributed by atoms with van der Waals surface area (Å²) in [7, 11) is 0. The van der Waals surface area contributed by atoms with Crippen LogP contribution >= 0.6 is 0 Å². The lowest BCUT2D eigenvalue weighted by Crippen LogP contribution is -2.20. The third-order valence-electron chi connectivity index (χ3n) is 4.08. The Morgan fingerprint density at radius 1 is 0.964 bits per heavy atom. The molecule has 0 unspecified atom stereocenters.